The third-order valence-electron chi connectivity index (χ3n) is 6.40. The van der Waals surface area contributed by atoms with E-state index in [9.17, 15) is 0 Å². The molecule has 0 spiro atoms. The fraction of sp³-hybridized carbons (Fsp3) is 0.500. The minimum Gasteiger partial charge on any atom is -0.493 e. The molecule has 2 aromatic rings. The number of nitrogens with zero attached hydrogens (tertiary/aromatic N) is 2. The van der Waals surface area contributed by atoms with Gasteiger partial charge in [0.05, 0.1) is 20.3 Å². The molecule has 1 saturated heterocycles. The summed E-state index contributed by atoms with van der Waals surface area (Å²) in [6.07, 6.45) is 3.32. The molecule has 172 valence electrons. The molecule has 2 aliphatic rings. The van der Waals surface area contributed by atoms with Crippen molar-refractivity contribution >= 4 is 5.96 Å². The molecule has 2 aliphatic heterocycles. The molecule has 2 atom stereocenters. The first-order valence-electron chi connectivity index (χ1n) is 11.7. The number of guanidine groups is 1. The standard InChI is InChI=1S/C26H35N3O3/c1-4-27-26(28-17-21-11-8-14-32-25(21)19-9-6-5-7-10-19)29-13-12-20-15-23(30-2)24(31-3)16-22(20)18-29/h5-7,9-10,15-16,21,25H,4,8,11-14,17-18H2,1-3H3,(H,27,28). The monoisotopic (exact) mass is 437 g/mol. The van der Waals surface area contributed by atoms with Crippen molar-refractivity contribution in [3.8, 4) is 11.5 Å². The Hall–Kier alpha value is -2.73. The van der Waals surface area contributed by atoms with Crippen LogP contribution in [0.1, 0.15) is 42.6 Å². The van der Waals surface area contributed by atoms with Crippen LogP contribution in [0.25, 0.3) is 0 Å². The number of aliphatic imine (C=N–C) groups is 1. The summed E-state index contributed by atoms with van der Waals surface area (Å²) >= 11 is 0. The second-order valence-corrected chi connectivity index (χ2v) is 8.45. The third-order valence-corrected chi connectivity index (χ3v) is 6.40. The molecule has 2 heterocycles. The molecule has 1 N–H and O–H groups in total. The highest BCUT2D eigenvalue weighted by atomic mass is 16.5. The number of hydrogen-bond donors (Lipinski definition) is 1. The van der Waals surface area contributed by atoms with Gasteiger partial charge in [0.2, 0.25) is 0 Å². The molecule has 0 amide bonds. The maximum absolute atomic E-state index is 6.18. The van der Waals surface area contributed by atoms with Gasteiger partial charge in [0.1, 0.15) is 0 Å². The van der Waals surface area contributed by atoms with Crippen molar-refractivity contribution in [2.45, 2.75) is 38.8 Å². The zero-order valence-corrected chi connectivity index (χ0v) is 19.5. The molecule has 0 saturated carbocycles. The summed E-state index contributed by atoms with van der Waals surface area (Å²) in [5.74, 6) is 2.94. The average molecular weight is 438 g/mol. The Bertz CT molecular complexity index is 916. The van der Waals surface area contributed by atoms with Gasteiger partial charge >= 0.3 is 0 Å². The molecule has 1 fully saturated rings. The van der Waals surface area contributed by atoms with Crippen LogP contribution >= 0.6 is 0 Å². The van der Waals surface area contributed by atoms with Crippen LogP contribution in [-0.4, -0.2) is 51.3 Å². The molecular weight excluding hydrogens is 402 g/mol. The van der Waals surface area contributed by atoms with Crippen molar-refractivity contribution < 1.29 is 14.2 Å². The molecule has 6 nitrogen and oxygen atoms in total. The minimum absolute atomic E-state index is 0.121. The Morgan fingerprint density at radius 2 is 1.88 bits per heavy atom. The van der Waals surface area contributed by atoms with E-state index in [0.717, 1.165) is 69.5 Å². The zero-order chi connectivity index (χ0) is 22.3. The highest BCUT2D eigenvalue weighted by Crippen LogP contribution is 2.35. The van der Waals surface area contributed by atoms with Crippen molar-refractivity contribution in [1.29, 1.82) is 0 Å². The number of fused-ring (bicyclic) bond motifs is 1. The van der Waals surface area contributed by atoms with Crippen LogP contribution in [0, 0.1) is 5.92 Å². The van der Waals surface area contributed by atoms with E-state index in [0.29, 0.717) is 5.92 Å². The van der Waals surface area contributed by atoms with Crippen LogP contribution in [0.4, 0.5) is 0 Å². The highest BCUT2D eigenvalue weighted by molar-refractivity contribution is 5.80. The number of nitrogens with one attached hydrogen (secondary N) is 1. The van der Waals surface area contributed by atoms with E-state index in [1.807, 2.05) is 0 Å². The largest absolute Gasteiger partial charge is 0.493 e. The Morgan fingerprint density at radius 3 is 2.59 bits per heavy atom. The molecule has 0 radical (unpaired) electrons. The van der Waals surface area contributed by atoms with Gasteiger partial charge in [-0.05, 0) is 55.0 Å². The van der Waals surface area contributed by atoms with Gasteiger partial charge in [-0.15, -0.1) is 0 Å². The first kappa shape index (κ1) is 22.5. The number of hydrogen-bond acceptors (Lipinski definition) is 4. The van der Waals surface area contributed by atoms with Gasteiger partial charge in [0.15, 0.2) is 17.5 Å². The predicted molar refractivity (Wildman–Crippen MR) is 127 cm³/mol. The van der Waals surface area contributed by atoms with E-state index < -0.39 is 0 Å². The average Bonchev–Trinajstić information content (AvgIpc) is 2.86. The molecule has 0 aromatic heterocycles. The lowest BCUT2D eigenvalue weighted by Crippen LogP contribution is -2.44. The second kappa shape index (κ2) is 10.7. The maximum atomic E-state index is 6.18. The Labute approximate surface area is 191 Å². The lowest BCUT2D eigenvalue weighted by atomic mass is 9.89. The summed E-state index contributed by atoms with van der Waals surface area (Å²) in [6.45, 7) is 6.29. The number of ether oxygens (including phenoxy) is 3. The summed E-state index contributed by atoms with van der Waals surface area (Å²) in [5.41, 5.74) is 3.84. The summed E-state index contributed by atoms with van der Waals surface area (Å²) in [6, 6.07) is 14.8. The first-order chi connectivity index (χ1) is 15.7. The van der Waals surface area contributed by atoms with E-state index >= 15 is 0 Å². The SMILES string of the molecule is CCNC(=NCC1CCCOC1c1ccccc1)N1CCc2cc(OC)c(OC)cc2C1. The topological polar surface area (TPSA) is 55.3 Å². The number of methoxy groups -OCH3 is 2. The fourth-order valence-corrected chi connectivity index (χ4v) is 4.73. The molecule has 0 bridgehead atoms. The van der Waals surface area contributed by atoms with Crippen LogP contribution in [0.2, 0.25) is 0 Å². The molecule has 0 aliphatic carbocycles. The summed E-state index contributed by atoms with van der Waals surface area (Å²) < 4.78 is 17.2. The summed E-state index contributed by atoms with van der Waals surface area (Å²) in [5, 5.41) is 3.51. The van der Waals surface area contributed by atoms with E-state index in [1.54, 1.807) is 14.2 Å². The van der Waals surface area contributed by atoms with Crippen molar-refractivity contribution in [2.75, 3.05) is 40.5 Å². The second-order valence-electron chi connectivity index (χ2n) is 8.45. The van der Waals surface area contributed by atoms with Crippen LogP contribution < -0.4 is 14.8 Å². The lowest BCUT2D eigenvalue weighted by molar-refractivity contribution is -0.0250. The molecule has 32 heavy (non-hydrogen) atoms. The van der Waals surface area contributed by atoms with E-state index in [2.05, 4.69) is 59.6 Å². The van der Waals surface area contributed by atoms with Crippen molar-refractivity contribution in [3.63, 3.8) is 0 Å². The normalized spacial score (nSPS) is 21.1. The molecule has 2 aromatic carbocycles. The Balaban J connectivity index is 1.51. The minimum atomic E-state index is 0.121. The maximum Gasteiger partial charge on any atom is 0.194 e. The molecule has 6 heteroatoms. The van der Waals surface area contributed by atoms with Crippen molar-refractivity contribution in [3.05, 3.63) is 59.2 Å². The van der Waals surface area contributed by atoms with E-state index in [4.69, 9.17) is 19.2 Å². The quantitative estimate of drug-likeness (QED) is 0.542. The fourth-order valence-electron chi connectivity index (χ4n) is 4.73. The zero-order valence-electron chi connectivity index (χ0n) is 19.5. The van der Waals surface area contributed by atoms with Gasteiger partial charge < -0.3 is 24.4 Å². The highest BCUT2D eigenvalue weighted by Gasteiger charge is 2.28. The van der Waals surface area contributed by atoms with Gasteiger partial charge in [-0.3, -0.25) is 4.99 Å². The smallest absolute Gasteiger partial charge is 0.194 e. The third kappa shape index (κ3) is 5.01. The molecule has 2 unspecified atom stereocenters. The number of rotatable bonds is 6. The van der Waals surface area contributed by atoms with Crippen LogP contribution in [0.15, 0.2) is 47.5 Å². The van der Waals surface area contributed by atoms with Gasteiger partial charge in [0, 0.05) is 38.7 Å². The van der Waals surface area contributed by atoms with Gasteiger partial charge in [-0.2, -0.15) is 0 Å². The summed E-state index contributed by atoms with van der Waals surface area (Å²) in [7, 11) is 3.37. The Kier molecular flexibility index (Phi) is 7.53. The van der Waals surface area contributed by atoms with E-state index in [1.165, 1.54) is 16.7 Å². The lowest BCUT2D eigenvalue weighted by Gasteiger charge is -2.34. The van der Waals surface area contributed by atoms with Crippen LogP contribution in [-0.2, 0) is 17.7 Å². The van der Waals surface area contributed by atoms with Crippen molar-refractivity contribution in [2.24, 2.45) is 10.9 Å². The Morgan fingerprint density at radius 1 is 1.12 bits per heavy atom. The van der Waals surface area contributed by atoms with Gasteiger partial charge in [-0.25, -0.2) is 0 Å². The van der Waals surface area contributed by atoms with Gasteiger partial charge in [-0.1, -0.05) is 30.3 Å². The van der Waals surface area contributed by atoms with Crippen LogP contribution in [0.3, 0.4) is 0 Å². The summed E-state index contributed by atoms with van der Waals surface area (Å²) in [4.78, 5) is 7.43. The first-order valence-corrected chi connectivity index (χ1v) is 11.7. The van der Waals surface area contributed by atoms with Crippen molar-refractivity contribution in [1.82, 2.24) is 10.2 Å². The van der Waals surface area contributed by atoms with Gasteiger partial charge in [0.25, 0.3) is 0 Å². The molecule has 4 rings (SSSR count). The number of benzene rings is 2. The predicted octanol–water partition coefficient (Wildman–Crippen LogP) is 4.20. The van der Waals surface area contributed by atoms with Crippen LogP contribution in [0.5, 0.6) is 11.5 Å². The molecular formula is C26H35N3O3. The van der Waals surface area contributed by atoms with E-state index in [-0.39, 0.29) is 6.10 Å².